The van der Waals surface area contributed by atoms with Gasteiger partial charge in [0.2, 0.25) is 0 Å². The second kappa shape index (κ2) is 7.75. The van der Waals surface area contributed by atoms with Gasteiger partial charge < -0.3 is 10.6 Å². The Kier molecular flexibility index (Phi) is 5.98. The van der Waals surface area contributed by atoms with E-state index >= 15 is 0 Å². The van der Waals surface area contributed by atoms with Crippen LogP contribution < -0.4 is 10.6 Å². The van der Waals surface area contributed by atoms with Crippen LogP contribution in [0.3, 0.4) is 0 Å². The van der Waals surface area contributed by atoms with E-state index in [-0.39, 0.29) is 6.04 Å². The Hall–Kier alpha value is -1.39. The van der Waals surface area contributed by atoms with E-state index in [0.717, 1.165) is 16.6 Å². The number of rotatable bonds is 4. The smallest absolute Gasteiger partial charge is 0.171 e. The van der Waals surface area contributed by atoms with Gasteiger partial charge in [-0.1, -0.05) is 47.1 Å². The minimum Gasteiger partial charge on any atom is -0.356 e. The molecule has 0 radical (unpaired) electrons. The van der Waals surface area contributed by atoms with Crippen molar-refractivity contribution in [3.8, 4) is 0 Å². The Morgan fingerprint density at radius 3 is 2.50 bits per heavy atom. The highest BCUT2D eigenvalue weighted by molar-refractivity contribution is 9.10. The lowest BCUT2D eigenvalue weighted by atomic mass is 10.00. The first kappa shape index (κ1) is 17.0. The Labute approximate surface area is 146 Å². The van der Waals surface area contributed by atoms with E-state index in [1.54, 1.807) is 0 Å². The SMILES string of the molecule is CCC(NC(=S)Nc1ccc(Br)c(C)c1)c1ccccc1C. The van der Waals surface area contributed by atoms with Gasteiger partial charge in [-0.3, -0.25) is 0 Å². The lowest BCUT2D eigenvalue weighted by Gasteiger charge is -2.21. The third-order valence-electron chi connectivity index (χ3n) is 3.69. The minimum absolute atomic E-state index is 0.220. The van der Waals surface area contributed by atoms with Gasteiger partial charge in [0.1, 0.15) is 0 Å². The molecule has 2 rings (SSSR count). The molecule has 0 saturated carbocycles. The Balaban J connectivity index is 2.06. The van der Waals surface area contributed by atoms with Gasteiger partial charge in [0.15, 0.2) is 5.11 Å². The number of benzene rings is 2. The van der Waals surface area contributed by atoms with Crippen LogP contribution >= 0.6 is 28.1 Å². The Morgan fingerprint density at radius 2 is 1.86 bits per heavy atom. The summed E-state index contributed by atoms with van der Waals surface area (Å²) in [6.07, 6.45) is 0.978. The van der Waals surface area contributed by atoms with Crippen LogP contribution in [0, 0.1) is 13.8 Å². The maximum atomic E-state index is 5.46. The summed E-state index contributed by atoms with van der Waals surface area (Å²) in [4.78, 5) is 0. The quantitative estimate of drug-likeness (QED) is 0.688. The van der Waals surface area contributed by atoms with Gasteiger partial charge in [-0.2, -0.15) is 0 Å². The van der Waals surface area contributed by atoms with Crippen molar-refractivity contribution >= 4 is 38.9 Å². The van der Waals surface area contributed by atoms with Crippen molar-refractivity contribution in [1.29, 1.82) is 0 Å². The van der Waals surface area contributed by atoms with Crippen LogP contribution in [0.1, 0.15) is 36.1 Å². The second-order valence-electron chi connectivity index (χ2n) is 5.38. The number of anilines is 1. The third kappa shape index (κ3) is 4.31. The van der Waals surface area contributed by atoms with Crippen LogP contribution in [0.2, 0.25) is 0 Å². The molecule has 0 bridgehead atoms. The van der Waals surface area contributed by atoms with Crippen molar-refractivity contribution in [3.63, 3.8) is 0 Å². The molecule has 116 valence electrons. The number of thiocarbonyl (C=S) groups is 1. The zero-order valence-electron chi connectivity index (χ0n) is 13.1. The molecule has 0 fully saturated rings. The second-order valence-corrected chi connectivity index (χ2v) is 6.64. The molecular weight excluding hydrogens is 356 g/mol. The standard InChI is InChI=1S/C18H21BrN2S/c1-4-17(15-8-6-5-7-12(15)2)21-18(22)20-14-9-10-16(19)13(3)11-14/h5-11,17H,4H2,1-3H3,(H2,20,21,22). The van der Waals surface area contributed by atoms with Crippen molar-refractivity contribution in [1.82, 2.24) is 5.32 Å². The van der Waals surface area contributed by atoms with Gasteiger partial charge in [-0.05, 0) is 67.4 Å². The van der Waals surface area contributed by atoms with Crippen molar-refractivity contribution < 1.29 is 0 Å². The maximum absolute atomic E-state index is 5.46. The lowest BCUT2D eigenvalue weighted by Crippen LogP contribution is -2.32. The van der Waals surface area contributed by atoms with Gasteiger partial charge in [-0.15, -0.1) is 0 Å². The minimum atomic E-state index is 0.220. The molecule has 0 heterocycles. The van der Waals surface area contributed by atoms with Crippen LogP contribution in [0.4, 0.5) is 5.69 Å². The lowest BCUT2D eigenvalue weighted by molar-refractivity contribution is 0.625. The molecule has 0 saturated heterocycles. The molecule has 2 aromatic rings. The number of halogens is 1. The molecule has 1 atom stereocenters. The molecular formula is C18H21BrN2S. The molecule has 22 heavy (non-hydrogen) atoms. The van der Waals surface area contributed by atoms with Crippen molar-refractivity contribution in [2.45, 2.75) is 33.2 Å². The van der Waals surface area contributed by atoms with Gasteiger partial charge in [0.25, 0.3) is 0 Å². The Morgan fingerprint density at radius 1 is 1.14 bits per heavy atom. The summed E-state index contributed by atoms with van der Waals surface area (Å²) < 4.78 is 1.10. The number of aryl methyl sites for hydroxylation is 2. The zero-order valence-corrected chi connectivity index (χ0v) is 15.5. The highest BCUT2D eigenvalue weighted by Gasteiger charge is 2.12. The summed E-state index contributed by atoms with van der Waals surface area (Å²) in [7, 11) is 0. The summed E-state index contributed by atoms with van der Waals surface area (Å²) in [5.41, 5.74) is 4.75. The summed E-state index contributed by atoms with van der Waals surface area (Å²) in [6.45, 7) is 6.36. The summed E-state index contributed by atoms with van der Waals surface area (Å²) in [6, 6.07) is 14.8. The van der Waals surface area contributed by atoms with Crippen LogP contribution in [-0.2, 0) is 0 Å². The topological polar surface area (TPSA) is 24.1 Å². The first-order valence-electron chi connectivity index (χ1n) is 7.40. The fourth-order valence-corrected chi connectivity index (χ4v) is 2.93. The largest absolute Gasteiger partial charge is 0.356 e. The van der Waals surface area contributed by atoms with E-state index in [4.69, 9.17) is 12.2 Å². The van der Waals surface area contributed by atoms with E-state index in [2.05, 4.69) is 77.7 Å². The van der Waals surface area contributed by atoms with Crippen molar-refractivity contribution in [2.75, 3.05) is 5.32 Å². The molecule has 0 aromatic heterocycles. The predicted molar refractivity (Wildman–Crippen MR) is 102 cm³/mol. The van der Waals surface area contributed by atoms with E-state index in [9.17, 15) is 0 Å². The first-order chi connectivity index (χ1) is 10.5. The van der Waals surface area contributed by atoms with Crippen molar-refractivity contribution in [2.24, 2.45) is 0 Å². The molecule has 0 amide bonds. The molecule has 2 aromatic carbocycles. The summed E-state index contributed by atoms with van der Waals surface area (Å²) >= 11 is 8.97. The van der Waals surface area contributed by atoms with E-state index < -0.39 is 0 Å². The normalized spacial score (nSPS) is 11.8. The molecule has 0 aliphatic carbocycles. The monoisotopic (exact) mass is 376 g/mol. The van der Waals surface area contributed by atoms with Gasteiger partial charge in [0, 0.05) is 10.2 Å². The van der Waals surface area contributed by atoms with Crippen LogP contribution in [-0.4, -0.2) is 5.11 Å². The average molecular weight is 377 g/mol. The van der Waals surface area contributed by atoms with E-state index in [1.165, 1.54) is 16.7 Å². The summed E-state index contributed by atoms with van der Waals surface area (Å²) in [5.74, 6) is 0. The molecule has 0 spiro atoms. The molecule has 0 aliphatic rings. The maximum Gasteiger partial charge on any atom is 0.171 e. The van der Waals surface area contributed by atoms with Crippen LogP contribution in [0.25, 0.3) is 0 Å². The van der Waals surface area contributed by atoms with E-state index in [0.29, 0.717) is 5.11 Å². The van der Waals surface area contributed by atoms with Crippen LogP contribution in [0.15, 0.2) is 46.9 Å². The predicted octanol–water partition coefficient (Wildman–Crippen LogP) is 5.50. The molecule has 1 unspecified atom stereocenters. The molecule has 0 aliphatic heterocycles. The van der Waals surface area contributed by atoms with E-state index in [1.807, 2.05) is 12.1 Å². The molecule has 2 nitrogen and oxygen atoms in total. The molecule has 4 heteroatoms. The van der Waals surface area contributed by atoms with Gasteiger partial charge in [-0.25, -0.2) is 0 Å². The highest BCUT2D eigenvalue weighted by Crippen LogP contribution is 2.22. The number of hydrogen-bond donors (Lipinski definition) is 2. The summed E-state index contributed by atoms with van der Waals surface area (Å²) in [5, 5.41) is 7.33. The van der Waals surface area contributed by atoms with Crippen LogP contribution in [0.5, 0.6) is 0 Å². The number of nitrogens with one attached hydrogen (secondary N) is 2. The fourth-order valence-electron chi connectivity index (χ4n) is 2.43. The first-order valence-corrected chi connectivity index (χ1v) is 8.60. The number of hydrogen-bond acceptors (Lipinski definition) is 1. The van der Waals surface area contributed by atoms with Gasteiger partial charge in [0.05, 0.1) is 6.04 Å². The fraction of sp³-hybridized carbons (Fsp3) is 0.278. The third-order valence-corrected chi connectivity index (χ3v) is 4.80. The zero-order chi connectivity index (χ0) is 16.1. The Bertz CT molecular complexity index is 670. The van der Waals surface area contributed by atoms with Crippen molar-refractivity contribution in [3.05, 3.63) is 63.6 Å². The average Bonchev–Trinajstić information content (AvgIpc) is 2.49. The van der Waals surface area contributed by atoms with Gasteiger partial charge >= 0.3 is 0 Å². The highest BCUT2D eigenvalue weighted by atomic mass is 79.9. The molecule has 2 N–H and O–H groups in total.